The van der Waals surface area contributed by atoms with Crippen LogP contribution in [-0.2, 0) is 27.9 Å². The molecule has 0 aliphatic rings. The van der Waals surface area contributed by atoms with Crippen molar-refractivity contribution in [2.45, 2.75) is 24.9 Å². The Morgan fingerprint density at radius 2 is 1.77 bits per heavy atom. The molecule has 3 N–H and O–H groups in total. The maximum Gasteiger partial charge on any atom is 0.251 e. The number of amides is 2. The van der Waals surface area contributed by atoms with Gasteiger partial charge in [0.05, 0.1) is 4.90 Å². The third-order valence-corrected chi connectivity index (χ3v) is 6.40. The van der Waals surface area contributed by atoms with Crippen molar-refractivity contribution < 1.29 is 18.0 Å². The minimum atomic E-state index is -3.74. The number of hydrogen-bond acceptors (Lipinski definition) is 5. The van der Waals surface area contributed by atoms with Crippen LogP contribution in [-0.4, -0.2) is 20.2 Å². The molecule has 156 valence electrons. The fourth-order valence-electron chi connectivity index (χ4n) is 2.71. The Kier molecular flexibility index (Phi) is 6.99. The standard InChI is InChI=1S/C21H21N3O4S2/c1-15(25)24-18-7-2-5-16(11-18)13-22-21(26)17-6-3-9-20(12-17)30(27,28)23-14-19-8-4-10-29-19/h2-12,23H,13-14H2,1H3,(H,22,26)(H,24,25). The molecule has 2 aromatic carbocycles. The number of sulfonamides is 1. The van der Waals surface area contributed by atoms with Gasteiger partial charge in [0.1, 0.15) is 0 Å². The van der Waals surface area contributed by atoms with Crippen molar-refractivity contribution in [3.8, 4) is 0 Å². The fourth-order valence-corrected chi connectivity index (χ4v) is 4.50. The number of carbonyl (C=O) groups excluding carboxylic acids is 2. The summed E-state index contributed by atoms with van der Waals surface area (Å²) in [5, 5.41) is 7.33. The third kappa shape index (κ3) is 5.99. The summed E-state index contributed by atoms with van der Waals surface area (Å²) in [7, 11) is -3.74. The van der Waals surface area contributed by atoms with Gasteiger partial charge in [-0.1, -0.05) is 24.3 Å². The summed E-state index contributed by atoms with van der Waals surface area (Å²) >= 11 is 1.46. The van der Waals surface area contributed by atoms with Crippen LogP contribution in [0.25, 0.3) is 0 Å². The quantitative estimate of drug-likeness (QED) is 0.498. The largest absolute Gasteiger partial charge is 0.348 e. The monoisotopic (exact) mass is 443 g/mol. The van der Waals surface area contributed by atoms with Crippen LogP contribution in [0.1, 0.15) is 27.7 Å². The van der Waals surface area contributed by atoms with Gasteiger partial charge in [0, 0.05) is 36.1 Å². The van der Waals surface area contributed by atoms with Gasteiger partial charge in [0.2, 0.25) is 15.9 Å². The molecule has 0 saturated carbocycles. The average molecular weight is 444 g/mol. The van der Waals surface area contributed by atoms with Crippen molar-refractivity contribution in [2.24, 2.45) is 0 Å². The van der Waals surface area contributed by atoms with Gasteiger partial charge in [0.15, 0.2) is 0 Å². The Morgan fingerprint density at radius 1 is 0.967 bits per heavy atom. The fraction of sp³-hybridized carbons (Fsp3) is 0.143. The predicted molar refractivity (Wildman–Crippen MR) is 117 cm³/mol. The first-order valence-electron chi connectivity index (χ1n) is 9.10. The van der Waals surface area contributed by atoms with E-state index in [1.807, 2.05) is 23.6 Å². The smallest absolute Gasteiger partial charge is 0.251 e. The molecule has 2 amide bonds. The predicted octanol–water partition coefficient (Wildman–Crippen LogP) is 3.12. The minimum Gasteiger partial charge on any atom is -0.348 e. The van der Waals surface area contributed by atoms with Gasteiger partial charge >= 0.3 is 0 Å². The second-order valence-corrected chi connectivity index (χ2v) is 9.30. The molecular formula is C21H21N3O4S2. The Hall–Kier alpha value is -3.01. The second kappa shape index (κ2) is 9.66. The molecule has 0 aliphatic carbocycles. The first-order valence-corrected chi connectivity index (χ1v) is 11.5. The van der Waals surface area contributed by atoms with Crippen LogP contribution in [0.5, 0.6) is 0 Å². The van der Waals surface area contributed by atoms with Gasteiger partial charge in [0.25, 0.3) is 5.91 Å². The lowest BCUT2D eigenvalue weighted by atomic mass is 10.1. The molecule has 9 heteroatoms. The lowest BCUT2D eigenvalue weighted by Gasteiger charge is -2.10. The molecule has 0 radical (unpaired) electrons. The molecule has 7 nitrogen and oxygen atoms in total. The molecule has 0 unspecified atom stereocenters. The molecule has 30 heavy (non-hydrogen) atoms. The van der Waals surface area contributed by atoms with E-state index in [4.69, 9.17) is 0 Å². The SMILES string of the molecule is CC(=O)Nc1cccc(CNC(=O)c2cccc(S(=O)(=O)NCc3cccs3)c2)c1. The molecule has 0 aliphatic heterocycles. The van der Waals surface area contributed by atoms with E-state index in [-0.39, 0.29) is 29.5 Å². The normalized spacial score (nSPS) is 11.1. The summed E-state index contributed by atoms with van der Waals surface area (Å²) < 4.78 is 27.6. The summed E-state index contributed by atoms with van der Waals surface area (Å²) in [4.78, 5) is 24.6. The van der Waals surface area contributed by atoms with E-state index < -0.39 is 15.9 Å². The summed E-state index contributed by atoms with van der Waals surface area (Å²) in [6.45, 7) is 1.85. The average Bonchev–Trinajstić information content (AvgIpc) is 3.24. The van der Waals surface area contributed by atoms with Crippen LogP contribution in [0.2, 0.25) is 0 Å². The Labute approximate surface area is 179 Å². The third-order valence-electron chi connectivity index (χ3n) is 4.12. The first-order chi connectivity index (χ1) is 14.3. The number of rotatable bonds is 8. The molecular weight excluding hydrogens is 422 g/mol. The van der Waals surface area contributed by atoms with Crippen LogP contribution in [0.15, 0.2) is 70.9 Å². The van der Waals surface area contributed by atoms with Crippen LogP contribution in [0.4, 0.5) is 5.69 Å². The molecule has 0 spiro atoms. The van der Waals surface area contributed by atoms with E-state index in [2.05, 4.69) is 15.4 Å². The van der Waals surface area contributed by atoms with E-state index in [1.165, 1.54) is 36.5 Å². The topological polar surface area (TPSA) is 104 Å². The zero-order chi connectivity index (χ0) is 21.6. The lowest BCUT2D eigenvalue weighted by molar-refractivity contribution is -0.114. The molecule has 3 rings (SSSR count). The van der Waals surface area contributed by atoms with Crippen molar-refractivity contribution in [3.63, 3.8) is 0 Å². The summed E-state index contributed by atoms with van der Waals surface area (Å²) in [6.07, 6.45) is 0. The van der Waals surface area contributed by atoms with E-state index >= 15 is 0 Å². The lowest BCUT2D eigenvalue weighted by Crippen LogP contribution is -2.25. The molecule has 1 heterocycles. The summed E-state index contributed by atoms with van der Waals surface area (Å²) in [5.74, 6) is -0.572. The maximum absolute atomic E-state index is 12.5. The van der Waals surface area contributed by atoms with Gasteiger partial charge in [-0.3, -0.25) is 9.59 Å². The molecule has 0 fully saturated rings. The second-order valence-electron chi connectivity index (χ2n) is 6.50. The minimum absolute atomic E-state index is 0.0272. The van der Waals surface area contributed by atoms with Crippen LogP contribution in [0.3, 0.4) is 0 Å². The van der Waals surface area contributed by atoms with Gasteiger partial charge in [-0.15, -0.1) is 11.3 Å². The molecule has 1 aromatic heterocycles. The zero-order valence-corrected chi connectivity index (χ0v) is 17.8. The Balaban J connectivity index is 1.65. The molecule has 0 atom stereocenters. The summed E-state index contributed by atoms with van der Waals surface area (Å²) in [5.41, 5.74) is 1.68. The van der Waals surface area contributed by atoms with Crippen LogP contribution >= 0.6 is 11.3 Å². The van der Waals surface area contributed by atoms with Crippen molar-refractivity contribution in [3.05, 3.63) is 82.0 Å². The van der Waals surface area contributed by atoms with Crippen LogP contribution < -0.4 is 15.4 Å². The first kappa shape index (κ1) is 21.7. The zero-order valence-electron chi connectivity index (χ0n) is 16.2. The molecule has 3 aromatic rings. The van der Waals surface area contributed by atoms with E-state index in [1.54, 1.807) is 24.3 Å². The molecule has 0 saturated heterocycles. The maximum atomic E-state index is 12.5. The van der Waals surface area contributed by atoms with Crippen molar-refractivity contribution in [2.75, 3.05) is 5.32 Å². The van der Waals surface area contributed by atoms with E-state index in [0.717, 1.165) is 10.4 Å². The van der Waals surface area contributed by atoms with Crippen molar-refractivity contribution in [1.82, 2.24) is 10.0 Å². The number of thiophene rings is 1. The highest BCUT2D eigenvalue weighted by atomic mass is 32.2. The highest BCUT2D eigenvalue weighted by Crippen LogP contribution is 2.15. The highest BCUT2D eigenvalue weighted by molar-refractivity contribution is 7.89. The van der Waals surface area contributed by atoms with Crippen LogP contribution in [0, 0.1) is 0 Å². The van der Waals surface area contributed by atoms with E-state index in [9.17, 15) is 18.0 Å². The van der Waals surface area contributed by atoms with Crippen molar-refractivity contribution in [1.29, 1.82) is 0 Å². The number of hydrogen-bond donors (Lipinski definition) is 3. The highest BCUT2D eigenvalue weighted by Gasteiger charge is 2.16. The Morgan fingerprint density at radius 3 is 2.50 bits per heavy atom. The van der Waals surface area contributed by atoms with E-state index in [0.29, 0.717) is 5.69 Å². The van der Waals surface area contributed by atoms with Gasteiger partial charge in [-0.05, 0) is 47.3 Å². The van der Waals surface area contributed by atoms with Crippen molar-refractivity contribution >= 4 is 38.9 Å². The number of anilines is 1. The number of nitrogens with one attached hydrogen (secondary N) is 3. The van der Waals surface area contributed by atoms with Gasteiger partial charge in [-0.2, -0.15) is 0 Å². The van der Waals surface area contributed by atoms with Gasteiger partial charge < -0.3 is 10.6 Å². The summed E-state index contributed by atoms with van der Waals surface area (Å²) in [6, 6.07) is 16.7. The molecule has 0 bridgehead atoms. The Bertz CT molecular complexity index is 1140. The number of carbonyl (C=O) groups is 2. The van der Waals surface area contributed by atoms with Gasteiger partial charge in [-0.25, -0.2) is 13.1 Å². The number of benzene rings is 2.